The molecule has 7 nitrogen and oxygen atoms in total. The summed E-state index contributed by atoms with van der Waals surface area (Å²) in [6.45, 7) is 5.53. The standard InChI is InChI=1S/C19H33N5O2S.HI/c1-5-20-19(21-11-17(25)22-15-9-7-6-8-10-15)24(3)12-16-13-27-18(23-16)14(2)26-4;/h13-15H,5-12H2,1-4H3,(H,20,21)(H,22,25);1H. The van der Waals surface area contributed by atoms with Gasteiger partial charge >= 0.3 is 0 Å². The Balaban J connectivity index is 0.00000392. The van der Waals surface area contributed by atoms with Crippen LogP contribution in [0.1, 0.15) is 62.8 Å². The molecule has 1 atom stereocenters. The van der Waals surface area contributed by atoms with E-state index in [1.807, 2.05) is 31.2 Å². The molecule has 1 heterocycles. The largest absolute Gasteiger partial charge is 0.375 e. The fraction of sp³-hybridized carbons (Fsp3) is 0.737. The minimum absolute atomic E-state index is 0. The molecule has 1 amide bonds. The third-order valence-electron chi connectivity index (χ3n) is 4.71. The lowest BCUT2D eigenvalue weighted by molar-refractivity contribution is -0.120. The normalized spacial score (nSPS) is 16.2. The van der Waals surface area contributed by atoms with Crippen molar-refractivity contribution in [2.45, 2.75) is 64.6 Å². The molecule has 1 unspecified atom stereocenters. The quantitative estimate of drug-likeness (QED) is 0.311. The predicted octanol–water partition coefficient (Wildman–Crippen LogP) is 3.31. The van der Waals surface area contributed by atoms with Crippen LogP contribution in [0.2, 0.25) is 0 Å². The number of carbonyl (C=O) groups is 1. The van der Waals surface area contributed by atoms with Crippen molar-refractivity contribution in [1.29, 1.82) is 0 Å². The average Bonchev–Trinajstić information content (AvgIpc) is 3.13. The van der Waals surface area contributed by atoms with Crippen molar-refractivity contribution in [3.05, 3.63) is 16.1 Å². The maximum absolute atomic E-state index is 12.2. The van der Waals surface area contributed by atoms with Gasteiger partial charge in [-0.1, -0.05) is 19.3 Å². The molecular weight excluding hydrogens is 489 g/mol. The molecule has 28 heavy (non-hydrogen) atoms. The van der Waals surface area contributed by atoms with Crippen LogP contribution in [0.4, 0.5) is 0 Å². The molecule has 1 aromatic rings. The summed E-state index contributed by atoms with van der Waals surface area (Å²) in [5, 5.41) is 9.37. The van der Waals surface area contributed by atoms with Crippen molar-refractivity contribution < 1.29 is 9.53 Å². The average molecular weight is 523 g/mol. The Hall–Kier alpha value is -0.940. The summed E-state index contributed by atoms with van der Waals surface area (Å²) in [4.78, 5) is 23.3. The Morgan fingerprint density at radius 1 is 1.43 bits per heavy atom. The molecular formula is C19H34IN5O2S. The summed E-state index contributed by atoms with van der Waals surface area (Å²) in [6, 6.07) is 0.318. The van der Waals surface area contributed by atoms with Crippen molar-refractivity contribution >= 4 is 47.2 Å². The Morgan fingerprint density at radius 3 is 2.79 bits per heavy atom. The summed E-state index contributed by atoms with van der Waals surface area (Å²) in [5.74, 6) is 0.709. The summed E-state index contributed by atoms with van der Waals surface area (Å²) in [6.07, 6.45) is 5.86. The number of aliphatic imine (C=N–C) groups is 1. The van der Waals surface area contributed by atoms with E-state index in [2.05, 4.69) is 20.6 Å². The van der Waals surface area contributed by atoms with Crippen LogP contribution < -0.4 is 10.6 Å². The second kappa shape index (κ2) is 13.3. The van der Waals surface area contributed by atoms with E-state index in [1.165, 1.54) is 19.3 Å². The number of ether oxygens (including phenoxy) is 1. The summed E-state index contributed by atoms with van der Waals surface area (Å²) in [5.41, 5.74) is 0.971. The van der Waals surface area contributed by atoms with Gasteiger partial charge in [0.1, 0.15) is 17.7 Å². The van der Waals surface area contributed by atoms with E-state index < -0.39 is 0 Å². The minimum Gasteiger partial charge on any atom is -0.375 e. The van der Waals surface area contributed by atoms with Gasteiger partial charge in [-0.05, 0) is 26.7 Å². The summed E-state index contributed by atoms with van der Waals surface area (Å²) in [7, 11) is 3.64. The lowest BCUT2D eigenvalue weighted by Crippen LogP contribution is -2.41. The van der Waals surface area contributed by atoms with Crippen molar-refractivity contribution in [3.8, 4) is 0 Å². The first-order valence-electron chi connectivity index (χ1n) is 9.79. The molecule has 9 heteroatoms. The van der Waals surface area contributed by atoms with Gasteiger partial charge in [-0.15, -0.1) is 35.3 Å². The first-order valence-corrected chi connectivity index (χ1v) is 10.7. The molecule has 1 saturated carbocycles. The van der Waals surface area contributed by atoms with Gasteiger partial charge in [-0.2, -0.15) is 0 Å². The van der Waals surface area contributed by atoms with E-state index in [0.29, 0.717) is 18.5 Å². The second-order valence-corrected chi connectivity index (χ2v) is 7.87. The third kappa shape index (κ3) is 8.20. The van der Waals surface area contributed by atoms with Crippen LogP contribution in [0.25, 0.3) is 0 Å². The predicted molar refractivity (Wildman–Crippen MR) is 125 cm³/mol. The number of thiazole rings is 1. The van der Waals surface area contributed by atoms with E-state index in [-0.39, 0.29) is 42.5 Å². The van der Waals surface area contributed by atoms with E-state index >= 15 is 0 Å². The molecule has 1 fully saturated rings. The monoisotopic (exact) mass is 523 g/mol. The SMILES string of the molecule is CCNC(=NCC(=O)NC1CCCCC1)N(C)Cc1csc(C(C)OC)n1.I. The van der Waals surface area contributed by atoms with Crippen LogP contribution in [-0.2, 0) is 16.1 Å². The van der Waals surface area contributed by atoms with Crippen molar-refractivity contribution in [1.82, 2.24) is 20.5 Å². The smallest absolute Gasteiger partial charge is 0.242 e. The number of rotatable bonds is 8. The number of hydrogen-bond donors (Lipinski definition) is 2. The lowest BCUT2D eigenvalue weighted by Gasteiger charge is -2.23. The molecule has 1 aliphatic carbocycles. The molecule has 0 spiro atoms. The number of carbonyl (C=O) groups excluding carboxylic acids is 1. The Morgan fingerprint density at radius 2 is 2.14 bits per heavy atom. The van der Waals surface area contributed by atoms with Crippen LogP contribution >= 0.6 is 35.3 Å². The Kier molecular flexibility index (Phi) is 11.9. The molecule has 2 rings (SSSR count). The number of methoxy groups -OCH3 is 1. The van der Waals surface area contributed by atoms with Gasteiger partial charge in [-0.25, -0.2) is 9.98 Å². The number of hydrogen-bond acceptors (Lipinski definition) is 5. The van der Waals surface area contributed by atoms with Gasteiger partial charge in [0, 0.05) is 32.1 Å². The summed E-state index contributed by atoms with van der Waals surface area (Å²) >= 11 is 1.60. The van der Waals surface area contributed by atoms with Crippen molar-refractivity contribution in [3.63, 3.8) is 0 Å². The molecule has 0 aromatic carbocycles. The van der Waals surface area contributed by atoms with E-state index in [0.717, 1.165) is 30.1 Å². The molecule has 0 saturated heterocycles. The fourth-order valence-electron chi connectivity index (χ4n) is 3.14. The molecule has 0 radical (unpaired) electrons. The molecule has 2 N–H and O–H groups in total. The number of halogens is 1. The summed E-state index contributed by atoms with van der Waals surface area (Å²) < 4.78 is 5.32. The highest BCUT2D eigenvalue weighted by Gasteiger charge is 2.16. The topological polar surface area (TPSA) is 78.9 Å². The number of nitrogens with zero attached hydrogens (tertiary/aromatic N) is 3. The maximum Gasteiger partial charge on any atom is 0.242 e. The highest BCUT2D eigenvalue weighted by Crippen LogP contribution is 2.21. The van der Waals surface area contributed by atoms with Gasteiger partial charge in [0.25, 0.3) is 0 Å². The van der Waals surface area contributed by atoms with Gasteiger partial charge in [-0.3, -0.25) is 4.79 Å². The zero-order valence-electron chi connectivity index (χ0n) is 17.4. The van der Waals surface area contributed by atoms with E-state index in [4.69, 9.17) is 4.74 Å². The molecule has 0 bridgehead atoms. The van der Waals surface area contributed by atoms with Gasteiger partial charge in [0.15, 0.2) is 5.96 Å². The Bertz CT molecular complexity index is 619. The van der Waals surface area contributed by atoms with Crippen LogP contribution in [0, 0.1) is 0 Å². The first-order chi connectivity index (χ1) is 13.0. The zero-order valence-corrected chi connectivity index (χ0v) is 20.5. The van der Waals surface area contributed by atoms with E-state index in [1.54, 1.807) is 18.4 Å². The maximum atomic E-state index is 12.2. The molecule has 1 aliphatic rings. The van der Waals surface area contributed by atoms with Crippen molar-refractivity contribution in [2.24, 2.45) is 4.99 Å². The highest BCUT2D eigenvalue weighted by atomic mass is 127. The number of nitrogens with one attached hydrogen (secondary N) is 2. The zero-order chi connectivity index (χ0) is 19.6. The number of amides is 1. The highest BCUT2D eigenvalue weighted by molar-refractivity contribution is 14.0. The first kappa shape index (κ1) is 25.1. The van der Waals surface area contributed by atoms with Gasteiger partial charge in [0.05, 0.1) is 12.2 Å². The van der Waals surface area contributed by atoms with Crippen LogP contribution in [-0.4, -0.2) is 55.0 Å². The fourth-order valence-corrected chi connectivity index (χ4v) is 3.98. The van der Waals surface area contributed by atoms with E-state index in [9.17, 15) is 4.79 Å². The van der Waals surface area contributed by atoms with Crippen LogP contribution in [0.3, 0.4) is 0 Å². The number of aromatic nitrogens is 1. The molecule has 1 aromatic heterocycles. The molecule has 160 valence electrons. The van der Waals surface area contributed by atoms with Crippen molar-refractivity contribution in [2.75, 3.05) is 27.2 Å². The van der Waals surface area contributed by atoms with Gasteiger partial charge in [0.2, 0.25) is 5.91 Å². The second-order valence-electron chi connectivity index (χ2n) is 6.98. The minimum atomic E-state index is -0.00410. The molecule has 0 aliphatic heterocycles. The third-order valence-corrected chi connectivity index (χ3v) is 5.76. The Labute approximate surface area is 189 Å². The van der Waals surface area contributed by atoms with Gasteiger partial charge < -0.3 is 20.3 Å². The van der Waals surface area contributed by atoms with Crippen LogP contribution in [0.15, 0.2) is 10.4 Å². The van der Waals surface area contributed by atoms with Crippen LogP contribution in [0.5, 0.6) is 0 Å². The lowest BCUT2D eigenvalue weighted by atomic mass is 9.95. The number of guanidine groups is 1.